The minimum atomic E-state index is 0.124. The van der Waals surface area contributed by atoms with Gasteiger partial charge in [0, 0.05) is 44.3 Å². The van der Waals surface area contributed by atoms with Crippen molar-refractivity contribution in [1.29, 1.82) is 0 Å². The maximum atomic E-state index is 5.15. The predicted molar refractivity (Wildman–Crippen MR) is 155 cm³/mol. The fraction of sp³-hybridized carbons (Fsp3) is 0.567. The molecule has 0 aliphatic rings. The summed E-state index contributed by atoms with van der Waals surface area (Å²) in [6, 6.07) is 6.93. The van der Waals surface area contributed by atoms with Gasteiger partial charge in [-0.05, 0) is 76.4 Å². The van der Waals surface area contributed by atoms with Crippen molar-refractivity contribution in [3.63, 3.8) is 0 Å². The highest BCUT2D eigenvalue weighted by Crippen LogP contribution is 2.25. The molecule has 0 bridgehead atoms. The summed E-state index contributed by atoms with van der Waals surface area (Å²) in [5.41, 5.74) is 3.61. The summed E-state index contributed by atoms with van der Waals surface area (Å²) in [7, 11) is 0. The topological polar surface area (TPSA) is 81.7 Å². The molecule has 4 aromatic rings. The third-order valence-corrected chi connectivity index (χ3v) is 7.30. The van der Waals surface area contributed by atoms with Crippen molar-refractivity contribution in [3.8, 4) is 0 Å². The van der Waals surface area contributed by atoms with Crippen LogP contribution in [0.25, 0.3) is 11.0 Å². The third kappa shape index (κ3) is 7.32. The van der Waals surface area contributed by atoms with Gasteiger partial charge in [-0.2, -0.15) is 0 Å². The zero-order valence-corrected chi connectivity index (χ0v) is 23.8. The van der Waals surface area contributed by atoms with E-state index in [1.807, 2.05) is 24.8 Å². The van der Waals surface area contributed by atoms with Gasteiger partial charge in [-0.3, -0.25) is 4.90 Å². The number of aromatic nitrogens is 6. The van der Waals surface area contributed by atoms with Gasteiger partial charge in [-0.15, -0.1) is 0 Å². The fourth-order valence-corrected chi connectivity index (χ4v) is 5.39. The van der Waals surface area contributed by atoms with Gasteiger partial charge in [0.15, 0.2) is 0 Å². The molecule has 206 valence electrons. The Morgan fingerprint density at radius 3 is 2.37 bits per heavy atom. The predicted octanol–water partition coefficient (Wildman–Crippen LogP) is 6.10. The van der Waals surface area contributed by atoms with E-state index in [4.69, 9.17) is 4.98 Å². The molecule has 0 aliphatic carbocycles. The molecule has 0 aliphatic heterocycles. The Hall–Kier alpha value is -2.97. The van der Waals surface area contributed by atoms with Crippen LogP contribution in [0.1, 0.15) is 88.9 Å². The first-order chi connectivity index (χ1) is 18.6. The van der Waals surface area contributed by atoms with Crippen LogP contribution in [0.5, 0.6) is 0 Å². The summed E-state index contributed by atoms with van der Waals surface area (Å²) in [4.78, 5) is 25.7. The molecule has 2 N–H and O–H groups in total. The molecule has 8 nitrogen and oxygen atoms in total. The lowest BCUT2D eigenvalue weighted by Crippen LogP contribution is -2.27. The quantitative estimate of drug-likeness (QED) is 0.165. The van der Waals surface area contributed by atoms with Crippen LogP contribution in [-0.2, 0) is 26.1 Å². The fourth-order valence-electron chi connectivity index (χ4n) is 5.39. The summed E-state index contributed by atoms with van der Waals surface area (Å²) in [6.07, 6.45) is 14.4. The summed E-state index contributed by atoms with van der Waals surface area (Å²) >= 11 is 0. The number of aromatic amines is 2. The lowest BCUT2D eigenvalue weighted by molar-refractivity contribution is 0.181. The van der Waals surface area contributed by atoms with E-state index in [-0.39, 0.29) is 6.04 Å². The summed E-state index contributed by atoms with van der Waals surface area (Å²) in [5.74, 6) is 3.15. The molecule has 1 unspecified atom stereocenters. The van der Waals surface area contributed by atoms with Gasteiger partial charge in [0.1, 0.15) is 17.5 Å². The van der Waals surface area contributed by atoms with Gasteiger partial charge >= 0.3 is 0 Å². The Morgan fingerprint density at radius 1 is 0.895 bits per heavy atom. The molecule has 0 saturated carbocycles. The Bertz CT molecular complexity index is 1190. The largest absolute Gasteiger partial charge is 0.348 e. The highest BCUT2D eigenvalue weighted by atomic mass is 15.2. The van der Waals surface area contributed by atoms with Crippen molar-refractivity contribution in [1.82, 2.24) is 39.3 Å². The average Bonchev–Trinajstić information content (AvgIpc) is 3.69. The number of nitrogens with one attached hydrogen (secondary N) is 2. The van der Waals surface area contributed by atoms with Crippen molar-refractivity contribution in [2.75, 3.05) is 19.6 Å². The molecule has 0 fully saturated rings. The summed E-state index contributed by atoms with van der Waals surface area (Å²) in [6.45, 7) is 15.1. The molecule has 0 saturated heterocycles. The maximum Gasteiger partial charge on any atom is 0.123 e. The molecular formula is C30H46N8. The maximum absolute atomic E-state index is 5.15. The van der Waals surface area contributed by atoms with Gasteiger partial charge in [-0.25, -0.2) is 15.0 Å². The lowest BCUT2D eigenvalue weighted by atomic mass is 10.1. The van der Waals surface area contributed by atoms with Gasteiger partial charge in [-0.1, -0.05) is 26.8 Å². The molecule has 3 aromatic heterocycles. The Morgan fingerprint density at radius 2 is 1.68 bits per heavy atom. The number of imidazole rings is 3. The molecule has 38 heavy (non-hydrogen) atoms. The average molecular weight is 519 g/mol. The van der Waals surface area contributed by atoms with Crippen molar-refractivity contribution in [3.05, 3.63) is 66.0 Å². The molecule has 0 spiro atoms. The van der Waals surface area contributed by atoms with Crippen LogP contribution in [0, 0.1) is 0 Å². The zero-order chi connectivity index (χ0) is 26.7. The molecule has 0 amide bonds. The summed E-state index contributed by atoms with van der Waals surface area (Å²) in [5, 5.41) is 0. The molecule has 3 heterocycles. The second-order valence-corrected chi connectivity index (χ2v) is 10.4. The molecule has 8 heteroatoms. The number of aryl methyl sites for hydroxylation is 2. The molecule has 4 rings (SSSR count). The Kier molecular flexibility index (Phi) is 10.5. The van der Waals surface area contributed by atoms with Gasteiger partial charge < -0.3 is 19.4 Å². The van der Waals surface area contributed by atoms with Crippen LogP contribution in [0.4, 0.5) is 0 Å². The minimum Gasteiger partial charge on any atom is -0.348 e. The van der Waals surface area contributed by atoms with Crippen molar-refractivity contribution in [2.24, 2.45) is 0 Å². The number of nitrogens with zero attached hydrogens (tertiary/aromatic N) is 6. The normalized spacial score (nSPS) is 12.8. The molecular weight excluding hydrogens is 472 g/mol. The highest BCUT2D eigenvalue weighted by molar-refractivity contribution is 5.77. The van der Waals surface area contributed by atoms with E-state index in [2.05, 4.69) is 80.2 Å². The number of hydrogen-bond donors (Lipinski definition) is 2. The monoisotopic (exact) mass is 518 g/mol. The van der Waals surface area contributed by atoms with Crippen LogP contribution >= 0.6 is 0 Å². The Balaban J connectivity index is 1.48. The van der Waals surface area contributed by atoms with Crippen LogP contribution in [0.2, 0.25) is 0 Å². The number of fused-ring (bicyclic) bond motifs is 1. The second-order valence-electron chi connectivity index (χ2n) is 10.4. The first kappa shape index (κ1) is 28.0. The molecule has 1 aromatic carbocycles. The number of unbranched alkanes of at least 4 members (excludes halogenated alkanes) is 1. The van der Waals surface area contributed by atoms with Gasteiger partial charge in [0.2, 0.25) is 0 Å². The number of benzene rings is 1. The van der Waals surface area contributed by atoms with Crippen molar-refractivity contribution in [2.45, 2.75) is 91.9 Å². The minimum absolute atomic E-state index is 0.124. The van der Waals surface area contributed by atoms with E-state index in [9.17, 15) is 0 Å². The van der Waals surface area contributed by atoms with E-state index in [1.165, 1.54) is 62.2 Å². The van der Waals surface area contributed by atoms with Crippen LogP contribution in [-0.4, -0.2) is 58.9 Å². The smallest absolute Gasteiger partial charge is 0.123 e. The third-order valence-electron chi connectivity index (χ3n) is 7.30. The second kappa shape index (κ2) is 14.3. The van der Waals surface area contributed by atoms with E-state index in [0.717, 1.165) is 49.6 Å². The van der Waals surface area contributed by atoms with Crippen LogP contribution in [0.3, 0.4) is 0 Å². The van der Waals surface area contributed by atoms with E-state index in [0.29, 0.717) is 0 Å². The highest BCUT2D eigenvalue weighted by Gasteiger charge is 2.20. The first-order valence-electron chi connectivity index (χ1n) is 14.5. The van der Waals surface area contributed by atoms with Crippen molar-refractivity contribution < 1.29 is 0 Å². The van der Waals surface area contributed by atoms with E-state index < -0.39 is 0 Å². The standard InChI is InChI=1S/C30H46N8/c1-5-17-36(18-6-2)20-9-8-10-29-35-26-21-25(11-12-27(26)38(29)19-7-3)22-37(23-28-31-13-14-32-28)24(4)30-33-15-16-34-30/h11-16,21,24H,5-10,17-20,22-23H2,1-4H3,(H,31,32)(H,33,34). The number of rotatable bonds is 17. The van der Waals surface area contributed by atoms with Crippen molar-refractivity contribution >= 4 is 11.0 Å². The van der Waals surface area contributed by atoms with E-state index in [1.54, 1.807) is 0 Å². The van der Waals surface area contributed by atoms with Crippen LogP contribution in [0.15, 0.2) is 43.0 Å². The number of H-pyrrole nitrogens is 2. The Labute approximate surface area is 227 Å². The van der Waals surface area contributed by atoms with Crippen LogP contribution < -0.4 is 0 Å². The first-order valence-corrected chi connectivity index (χ1v) is 14.5. The zero-order valence-electron chi connectivity index (χ0n) is 23.8. The van der Waals surface area contributed by atoms with Gasteiger partial charge in [0.05, 0.1) is 23.6 Å². The number of hydrogen-bond acceptors (Lipinski definition) is 5. The molecule has 0 radical (unpaired) electrons. The summed E-state index contributed by atoms with van der Waals surface area (Å²) < 4.78 is 2.45. The lowest BCUT2D eigenvalue weighted by Gasteiger charge is -2.27. The van der Waals surface area contributed by atoms with Gasteiger partial charge in [0.25, 0.3) is 0 Å². The van der Waals surface area contributed by atoms with E-state index >= 15 is 0 Å². The SMILES string of the molecule is CCCN(CCC)CCCCc1nc2cc(CN(Cc3ncc[nH]3)C(C)c3ncc[nH]3)ccc2n1CCC. The molecule has 1 atom stereocenters.